The molecule has 0 aliphatic carbocycles. The van der Waals surface area contributed by atoms with Crippen molar-refractivity contribution in [3.8, 4) is 5.75 Å². The molecule has 1 aromatic carbocycles. The van der Waals surface area contributed by atoms with E-state index in [-0.39, 0.29) is 0 Å². The van der Waals surface area contributed by atoms with Crippen LogP contribution in [0.5, 0.6) is 5.75 Å². The quantitative estimate of drug-likeness (QED) is 0.833. The smallest absolute Gasteiger partial charge is 0.123 e. The van der Waals surface area contributed by atoms with E-state index in [1.54, 1.807) is 13.3 Å². The molecule has 1 N–H and O–H groups in total. The molecule has 0 aliphatic rings. The number of benzene rings is 1. The third-order valence-corrected chi connectivity index (χ3v) is 2.75. The first-order chi connectivity index (χ1) is 6.24. The molecule has 0 amide bonds. The average molecular weight is 241 g/mol. The maximum absolute atomic E-state index is 5.23. The minimum Gasteiger partial charge on any atom is -0.496 e. The number of hydrogen-bond donors (Lipinski definition) is 1. The van der Waals surface area contributed by atoms with Gasteiger partial charge in [-0.3, -0.25) is 5.10 Å². The zero-order valence-electron chi connectivity index (χ0n) is 7.39. The Kier molecular flexibility index (Phi) is 2.00. The minimum absolute atomic E-state index is 0.876. The standard InChI is InChI=1S/C9H9BrN2O/c1-5-6-4-11-12-9(6)7(10)3-8(5)13-2/h3-4H,1-2H3,(H,11,12). The largest absolute Gasteiger partial charge is 0.496 e. The summed E-state index contributed by atoms with van der Waals surface area (Å²) in [5.41, 5.74) is 2.12. The molecule has 0 atom stereocenters. The highest BCUT2D eigenvalue weighted by atomic mass is 79.9. The number of aromatic amines is 1. The predicted octanol–water partition coefficient (Wildman–Crippen LogP) is 2.64. The first-order valence-electron chi connectivity index (χ1n) is 3.90. The maximum atomic E-state index is 5.23. The van der Waals surface area contributed by atoms with E-state index in [9.17, 15) is 0 Å². The first-order valence-corrected chi connectivity index (χ1v) is 4.69. The van der Waals surface area contributed by atoms with Gasteiger partial charge in [0, 0.05) is 15.4 Å². The number of rotatable bonds is 1. The van der Waals surface area contributed by atoms with Crippen LogP contribution < -0.4 is 4.74 Å². The van der Waals surface area contributed by atoms with Crippen LogP contribution in [0.15, 0.2) is 16.7 Å². The lowest BCUT2D eigenvalue weighted by Crippen LogP contribution is -1.87. The number of ether oxygens (including phenoxy) is 1. The fraction of sp³-hybridized carbons (Fsp3) is 0.222. The van der Waals surface area contributed by atoms with Crippen LogP contribution in [0, 0.1) is 6.92 Å². The molecule has 1 heterocycles. The molecule has 13 heavy (non-hydrogen) atoms. The summed E-state index contributed by atoms with van der Waals surface area (Å²) in [6.45, 7) is 2.02. The van der Waals surface area contributed by atoms with Crippen molar-refractivity contribution in [1.29, 1.82) is 0 Å². The summed E-state index contributed by atoms with van der Waals surface area (Å²) in [5, 5.41) is 8.00. The van der Waals surface area contributed by atoms with Crippen molar-refractivity contribution in [3.05, 3.63) is 22.3 Å². The maximum Gasteiger partial charge on any atom is 0.123 e. The number of H-pyrrole nitrogens is 1. The Morgan fingerprint density at radius 2 is 2.31 bits per heavy atom. The Morgan fingerprint density at radius 1 is 1.54 bits per heavy atom. The second-order valence-corrected chi connectivity index (χ2v) is 3.70. The van der Waals surface area contributed by atoms with Gasteiger partial charge in [-0.15, -0.1) is 0 Å². The van der Waals surface area contributed by atoms with E-state index in [0.717, 1.165) is 26.7 Å². The fourth-order valence-electron chi connectivity index (χ4n) is 1.39. The summed E-state index contributed by atoms with van der Waals surface area (Å²) in [6.07, 6.45) is 1.80. The molecule has 0 saturated heterocycles. The molecule has 2 aromatic rings. The molecule has 0 radical (unpaired) electrons. The van der Waals surface area contributed by atoms with Crippen molar-refractivity contribution in [3.63, 3.8) is 0 Å². The Morgan fingerprint density at radius 3 is 3.00 bits per heavy atom. The second-order valence-electron chi connectivity index (χ2n) is 2.84. The van der Waals surface area contributed by atoms with E-state index in [0.29, 0.717) is 0 Å². The number of hydrogen-bond acceptors (Lipinski definition) is 2. The highest BCUT2D eigenvalue weighted by Gasteiger charge is 2.08. The van der Waals surface area contributed by atoms with Gasteiger partial charge in [-0.1, -0.05) is 0 Å². The van der Waals surface area contributed by atoms with Crippen LogP contribution in [0.3, 0.4) is 0 Å². The van der Waals surface area contributed by atoms with Gasteiger partial charge in [0.25, 0.3) is 0 Å². The Balaban J connectivity index is 2.85. The van der Waals surface area contributed by atoms with Crippen molar-refractivity contribution < 1.29 is 4.74 Å². The van der Waals surface area contributed by atoms with Crippen LogP contribution in [-0.2, 0) is 0 Å². The van der Waals surface area contributed by atoms with Crippen LogP contribution in [0.1, 0.15) is 5.56 Å². The number of aryl methyl sites for hydroxylation is 1. The predicted molar refractivity (Wildman–Crippen MR) is 55.1 cm³/mol. The number of fused-ring (bicyclic) bond motifs is 1. The molecule has 1 aromatic heterocycles. The molecule has 0 saturated carbocycles. The van der Waals surface area contributed by atoms with E-state index in [1.807, 2.05) is 13.0 Å². The van der Waals surface area contributed by atoms with Crippen molar-refractivity contribution in [2.45, 2.75) is 6.92 Å². The lowest BCUT2D eigenvalue weighted by atomic mass is 10.1. The van der Waals surface area contributed by atoms with Crippen molar-refractivity contribution >= 4 is 26.8 Å². The van der Waals surface area contributed by atoms with E-state index < -0.39 is 0 Å². The molecule has 3 nitrogen and oxygen atoms in total. The summed E-state index contributed by atoms with van der Waals surface area (Å²) in [5.74, 6) is 0.876. The topological polar surface area (TPSA) is 37.9 Å². The number of nitrogens with zero attached hydrogens (tertiary/aromatic N) is 1. The molecule has 0 aliphatic heterocycles. The van der Waals surface area contributed by atoms with Crippen molar-refractivity contribution in [1.82, 2.24) is 10.2 Å². The molecule has 0 unspecified atom stereocenters. The lowest BCUT2D eigenvalue weighted by molar-refractivity contribution is 0.412. The average Bonchev–Trinajstić information content (AvgIpc) is 2.60. The van der Waals surface area contributed by atoms with E-state index in [1.165, 1.54) is 0 Å². The van der Waals surface area contributed by atoms with E-state index in [2.05, 4.69) is 26.1 Å². The highest BCUT2D eigenvalue weighted by molar-refractivity contribution is 9.10. The summed E-state index contributed by atoms with van der Waals surface area (Å²) in [4.78, 5) is 0. The summed E-state index contributed by atoms with van der Waals surface area (Å²) < 4.78 is 6.21. The highest BCUT2D eigenvalue weighted by Crippen LogP contribution is 2.31. The van der Waals surface area contributed by atoms with Crippen molar-refractivity contribution in [2.24, 2.45) is 0 Å². The summed E-state index contributed by atoms with van der Waals surface area (Å²) in [7, 11) is 1.67. The minimum atomic E-state index is 0.876. The molecule has 68 valence electrons. The van der Waals surface area contributed by atoms with Gasteiger partial charge in [0.05, 0.1) is 18.8 Å². The van der Waals surface area contributed by atoms with Gasteiger partial charge in [-0.2, -0.15) is 5.10 Å². The number of halogens is 1. The van der Waals surface area contributed by atoms with Gasteiger partial charge in [0.15, 0.2) is 0 Å². The Labute approximate surface area is 84.2 Å². The molecule has 4 heteroatoms. The van der Waals surface area contributed by atoms with E-state index >= 15 is 0 Å². The van der Waals surface area contributed by atoms with Gasteiger partial charge < -0.3 is 4.74 Å². The van der Waals surface area contributed by atoms with Crippen LogP contribution in [-0.4, -0.2) is 17.3 Å². The molecule has 0 fully saturated rings. The first kappa shape index (κ1) is 8.56. The van der Waals surface area contributed by atoms with Gasteiger partial charge in [0.2, 0.25) is 0 Å². The second kappa shape index (κ2) is 3.03. The van der Waals surface area contributed by atoms with Crippen LogP contribution in [0.2, 0.25) is 0 Å². The normalized spacial score (nSPS) is 10.7. The van der Waals surface area contributed by atoms with E-state index in [4.69, 9.17) is 4.74 Å². The number of aromatic nitrogens is 2. The SMILES string of the molecule is COc1cc(Br)c2[nH]ncc2c1C. The zero-order chi connectivity index (χ0) is 9.42. The summed E-state index contributed by atoms with van der Waals surface area (Å²) in [6, 6.07) is 1.94. The van der Waals surface area contributed by atoms with Gasteiger partial charge in [0.1, 0.15) is 5.75 Å². The zero-order valence-corrected chi connectivity index (χ0v) is 8.97. The van der Waals surface area contributed by atoms with Crippen LogP contribution in [0.4, 0.5) is 0 Å². The van der Waals surface area contributed by atoms with Gasteiger partial charge in [-0.25, -0.2) is 0 Å². The molecular weight excluding hydrogens is 232 g/mol. The van der Waals surface area contributed by atoms with Crippen LogP contribution in [0.25, 0.3) is 10.9 Å². The molecule has 0 bridgehead atoms. The fourth-order valence-corrected chi connectivity index (χ4v) is 1.90. The van der Waals surface area contributed by atoms with Gasteiger partial charge >= 0.3 is 0 Å². The summed E-state index contributed by atoms with van der Waals surface area (Å²) >= 11 is 3.45. The lowest BCUT2D eigenvalue weighted by Gasteiger charge is -2.05. The number of nitrogens with one attached hydrogen (secondary N) is 1. The van der Waals surface area contributed by atoms with Crippen LogP contribution >= 0.6 is 15.9 Å². The third-order valence-electron chi connectivity index (χ3n) is 2.13. The Hall–Kier alpha value is -1.03. The van der Waals surface area contributed by atoms with Crippen molar-refractivity contribution in [2.75, 3.05) is 7.11 Å². The molecule has 0 spiro atoms. The monoisotopic (exact) mass is 240 g/mol. The number of methoxy groups -OCH3 is 1. The molecular formula is C9H9BrN2O. The molecule has 2 rings (SSSR count). The Bertz CT molecular complexity index is 450. The third kappa shape index (κ3) is 1.21. The van der Waals surface area contributed by atoms with Gasteiger partial charge in [-0.05, 0) is 28.9 Å².